The minimum Gasteiger partial charge on any atom is -0.395 e. The number of fused-ring (bicyclic) bond motifs is 1. The molecule has 0 spiro atoms. The van der Waals surface area contributed by atoms with Crippen LogP contribution in [0, 0.1) is 0 Å². The van der Waals surface area contributed by atoms with Crippen LogP contribution in [0.4, 0.5) is 0 Å². The summed E-state index contributed by atoms with van der Waals surface area (Å²) in [6.45, 7) is 1.41. The molecule has 2 heterocycles. The summed E-state index contributed by atoms with van der Waals surface area (Å²) in [5, 5.41) is 41.7. The van der Waals surface area contributed by atoms with Gasteiger partial charge in [0.1, 0.15) is 0 Å². The lowest BCUT2D eigenvalue weighted by molar-refractivity contribution is -0.119. The highest BCUT2D eigenvalue weighted by molar-refractivity contribution is 5.72. The zero-order valence-electron chi connectivity index (χ0n) is 10.2. The lowest BCUT2D eigenvalue weighted by Crippen LogP contribution is -2.49. The second kappa shape index (κ2) is 5.10. The quantitative estimate of drug-likeness (QED) is 0.370. The Balaban J connectivity index is 2.15. The van der Waals surface area contributed by atoms with Crippen molar-refractivity contribution in [3.05, 3.63) is 0 Å². The molecule has 0 radical (unpaired) electrons. The second-order valence-electron chi connectivity index (χ2n) is 5.06. The fraction of sp³-hybridized carbons (Fsp3) is 0.909. The summed E-state index contributed by atoms with van der Waals surface area (Å²) in [6, 6.07) is -1.35. The van der Waals surface area contributed by atoms with Crippen LogP contribution in [0.25, 0.3) is 0 Å². The van der Waals surface area contributed by atoms with Crippen molar-refractivity contribution < 1.29 is 25.2 Å². The third-order valence-corrected chi connectivity index (χ3v) is 3.92. The molecule has 0 unspecified atom stereocenters. The van der Waals surface area contributed by atoms with E-state index in [0.29, 0.717) is 6.42 Å². The number of amides is 1. The Hall–Kier alpha value is -0.730. The highest BCUT2D eigenvalue weighted by Gasteiger charge is 2.56. The largest absolute Gasteiger partial charge is 0.395 e. The second-order valence-corrected chi connectivity index (χ2v) is 5.06. The SMILES string of the molecule is CC(=O)NC[C@H]1[C@@H](O)[C@H](O)[C@@H]2[C@@H](O)C[C@H](CO)N21. The summed E-state index contributed by atoms with van der Waals surface area (Å²) >= 11 is 0. The van der Waals surface area contributed by atoms with Crippen LogP contribution < -0.4 is 5.32 Å². The van der Waals surface area contributed by atoms with Gasteiger partial charge in [-0.1, -0.05) is 0 Å². The lowest BCUT2D eigenvalue weighted by Gasteiger charge is -2.29. The minimum absolute atomic E-state index is 0.149. The average Bonchev–Trinajstić information content (AvgIpc) is 2.76. The molecule has 0 aromatic carbocycles. The number of aliphatic hydroxyl groups is 4. The van der Waals surface area contributed by atoms with E-state index in [-0.39, 0.29) is 25.1 Å². The van der Waals surface area contributed by atoms with Gasteiger partial charge >= 0.3 is 0 Å². The van der Waals surface area contributed by atoms with Crippen molar-refractivity contribution in [2.24, 2.45) is 0 Å². The summed E-state index contributed by atoms with van der Waals surface area (Å²) in [7, 11) is 0. The molecule has 2 rings (SSSR count). The molecule has 6 atom stereocenters. The predicted octanol–water partition coefficient (Wildman–Crippen LogP) is -2.98. The molecule has 2 saturated heterocycles. The van der Waals surface area contributed by atoms with E-state index >= 15 is 0 Å². The molecule has 0 aromatic heterocycles. The van der Waals surface area contributed by atoms with Crippen molar-refractivity contribution >= 4 is 5.91 Å². The van der Waals surface area contributed by atoms with Crippen LogP contribution in [-0.2, 0) is 4.79 Å². The van der Waals surface area contributed by atoms with E-state index in [0.717, 1.165) is 0 Å². The van der Waals surface area contributed by atoms with Gasteiger partial charge in [0.05, 0.1) is 37.0 Å². The molecular weight excluding hydrogens is 240 g/mol. The van der Waals surface area contributed by atoms with Crippen LogP contribution in [0.1, 0.15) is 13.3 Å². The van der Waals surface area contributed by atoms with Crippen LogP contribution >= 0.6 is 0 Å². The normalized spacial score (nSPS) is 44.1. The Bertz CT molecular complexity index is 327. The van der Waals surface area contributed by atoms with Gasteiger partial charge in [0.25, 0.3) is 0 Å². The number of carbonyl (C=O) groups is 1. The number of rotatable bonds is 3. The maximum absolute atomic E-state index is 10.9. The number of hydrogen-bond donors (Lipinski definition) is 5. The Morgan fingerprint density at radius 1 is 1.33 bits per heavy atom. The van der Waals surface area contributed by atoms with Gasteiger partial charge in [0.15, 0.2) is 0 Å². The zero-order valence-corrected chi connectivity index (χ0v) is 10.2. The summed E-state index contributed by atoms with van der Waals surface area (Å²) in [5.74, 6) is -0.222. The van der Waals surface area contributed by atoms with E-state index in [1.165, 1.54) is 6.92 Å². The van der Waals surface area contributed by atoms with Crippen LogP contribution in [0.3, 0.4) is 0 Å². The van der Waals surface area contributed by atoms with Gasteiger partial charge in [-0.3, -0.25) is 9.69 Å². The van der Waals surface area contributed by atoms with Crippen molar-refractivity contribution in [1.82, 2.24) is 10.2 Å². The Labute approximate surface area is 105 Å². The molecule has 0 aromatic rings. The first kappa shape index (κ1) is 13.7. The molecule has 0 saturated carbocycles. The molecule has 0 bridgehead atoms. The number of nitrogens with one attached hydrogen (secondary N) is 1. The van der Waals surface area contributed by atoms with Gasteiger partial charge in [-0.25, -0.2) is 0 Å². The summed E-state index contributed by atoms with van der Waals surface area (Å²) < 4.78 is 0. The highest BCUT2D eigenvalue weighted by Crippen LogP contribution is 2.37. The number of carbonyl (C=O) groups excluding carboxylic acids is 1. The predicted molar refractivity (Wildman–Crippen MR) is 61.6 cm³/mol. The molecule has 2 fully saturated rings. The Morgan fingerprint density at radius 3 is 2.56 bits per heavy atom. The van der Waals surface area contributed by atoms with Gasteiger partial charge in [-0.05, 0) is 6.42 Å². The van der Waals surface area contributed by atoms with Crippen molar-refractivity contribution in [2.45, 2.75) is 49.8 Å². The molecule has 18 heavy (non-hydrogen) atoms. The summed E-state index contributed by atoms with van der Waals surface area (Å²) in [4.78, 5) is 12.7. The fourth-order valence-corrected chi connectivity index (χ4v) is 3.13. The molecule has 7 nitrogen and oxygen atoms in total. The highest BCUT2D eigenvalue weighted by atomic mass is 16.3. The third-order valence-electron chi connectivity index (χ3n) is 3.92. The number of aliphatic hydroxyl groups excluding tert-OH is 4. The monoisotopic (exact) mass is 260 g/mol. The smallest absolute Gasteiger partial charge is 0.216 e. The molecule has 1 amide bonds. The minimum atomic E-state index is -1.06. The maximum Gasteiger partial charge on any atom is 0.216 e. The molecular formula is C11H20N2O5. The molecule has 2 aliphatic rings. The molecule has 7 heteroatoms. The van der Waals surface area contributed by atoms with Crippen molar-refractivity contribution in [3.8, 4) is 0 Å². The Kier molecular flexibility index (Phi) is 3.88. The van der Waals surface area contributed by atoms with Gasteiger partial charge in [-0.2, -0.15) is 0 Å². The summed E-state index contributed by atoms with van der Waals surface area (Å²) in [5.41, 5.74) is 0. The standard InChI is InChI=1S/C11H20N2O5/c1-5(15)12-3-7-10(17)11(18)9-8(16)2-6(4-14)13(7)9/h6-11,14,16-18H,2-4H2,1H3,(H,12,15)/t6-,7+,8+,9+,10-,11-/m1/s1. The topological polar surface area (TPSA) is 113 Å². The van der Waals surface area contributed by atoms with Crippen molar-refractivity contribution in [3.63, 3.8) is 0 Å². The van der Waals surface area contributed by atoms with Gasteiger partial charge in [0, 0.05) is 19.5 Å². The van der Waals surface area contributed by atoms with E-state index in [1.54, 1.807) is 4.90 Å². The van der Waals surface area contributed by atoms with Crippen molar-refractivity contribution in [2.75, 3.05) is 13.2 Å². The first-order valence-electron chi connectivity index (χ1n) is 6.14. The lowest BCUT2D eigenvalue weighted by atomic mass is 10.0. The van der Waals surface area contributed by atoms with Gasteiger partial charge in [0.2, 0.25) is 5.91 Å². The van der Waals surface area contributed by atoms with E-state index in [9.17, 15) is 25.2 Å². The fourth-order valence-electron chi connectivity index (χ4n) is 3.13. The van der Waals surface area contributed by atoms with E-state index in [1.807, 2.05) is 0 Å². The average molecular weight is 260 g/mol. The summed E-state index contributed by atoms with van der Waals surface area (Å²) in [6.07, 6.45) is -2.50. The molecule has 5 N–H and O–H groups in total. The first-order valence-corrected chi connectivity index (χ1v) is 6.14. The molecule has 104 valence electrons. The molecule has 0 aliphatic carbocycles. The van der Waals surface area contributed by atoms with Crippen LogP contribution in [-0.4, -0.2) is 80.8 Å². The maximum atomic E-state index is 10.9. The van der Waals surface area contributed by atoms with Crippen LogP contribution in [0.15, 0.2) is 0 Å². The molecule has 2 aliphatic heterocycles. The van der Waals surface area contributed by atoms with Crippen molar-refractivity contribution in [1.29, 1.82) is 0 Å². The number of hydrogen-bond acceptors (Lipinski definition) is 6. The number of nitrogens with zero attached hydrogens (tertiary/aromatic N) is 1. The van der Waals surface area contributed by atoms with Gasteiger partial charge < -0.3 is 25.7 Å². The van der Waals surface area contributed by atoms with E-state index < -0.39 is 30.4 Å². The first-order chi connectivity index (χ1) is 8.47. The van der Waals surface area contributed by atoms with Crippen LogP contribution in [0.2, 0.25) is 0 Å². The van der Waals surface area contributed by atoms with E-state index in [2.05, 4.69) is 5.32 Å². The third kappa shape index (κ3) is 2.12. The Morgan fingerprint density at radius 2 is 2.00 bits per heavy atom. The van der Waals surface area contributed by atoms with E-state index in [4.69, 9.17) is 0 Å². The van der Waals surface area contributed by atoms with Gasteiger partial charge in [-0.15, -0.1) is 0 Å². The van der Waals surface area contributed by atoms with Crippen LogP contribution in [0.5, 0.6) is 0 Å². The zero-order chi connectivity index (χ0) is 13.4.